The van der Waals surface area contributed by atoms with Crippen molar-refractivity contribution < 1.29 is 18.8 Å². The van der Waals surface area contributed by atoms with Crippen molar-refractivity contribution in [1.29, 1.82) is 0 Å². The summed E-state index contributed by atoms with van der Waals surface area (Å²) in [5, 5.41) is 0. The van der Waals surface area contributed by atoms with Gasteiger partial charge in [0.1, 0.15) is 6.54 Å². The zero-order valence-electron chi connectivity index (χ0n) is 18.5. The lowest BCUT2D eigenvalue weighted by Crippen LogP contribution is -2.50. The molecule has 0 radical (unpaired) electrons. The zero-order chi connectivity index (χ0) is 21.1. The van der Waals surface area contributed by atoms with Gasteiger partial charge in [-0.1, -0.05) is 30.3 Å². The Balaban J connectivity index is 1.45. The van der Waals surface area contributed by atoms with Crippen LogP contribution >= 0.6 is 0 Å². The van der Waals surface area contributed by atoms with Gasteiger partial charge in [0.15, 0.2) is 17.3 Å². The van der Waals surface area contributed by atoms with E-state index in [1.54, 1.807) is 0 Å². The topological polar surface area (TPSA) is 35.5 Å². The molecule has 1 unspecified atom stereocenters. The maximum absolute atomic E-state index is 13.3. The molecule has 2 aromatic rings. The number of ketones is 1. The fourth-order valence-corrected chi connectivity index (χ4v) is 5.24. The molecule has 0 aromatic heterocycles. The molecule has 0 amide bonds. The van der Waals surface area contributed by atoms with Crippen LogP contribution in [0.3, 0.4) is 0 Å². The highest BCUT2D eigenvalue weighted by molar-refractivity contribution is 6.03. The van der Waals surface area contributed by atoms with Crippen LogP contribution in [-0.4, -0.2) is 43.6 Å². The molecule has 4 heteroatoms. The molecule has 1 aliphatic carbocycles. The first-order valence-electron chi connectivity index (χ1n) is 11.4. The number of Topliss-reactive ketones (excluding diaryl/α,β-unsaturated/α-hetero) is 1. The number of nitrogens with zero attached hydrogens (tertiary/aromatic N) is 1. The first-order valence-corrected chi connectivity index (χ1v) is 11.4. The van der Waals surface area contributed by atoms with Crippen LogP contribution in [0.4, 0.5) is 0 Å². The molecule has 30 heavy (non-hydrogen) atoms. The Bertz CT molecular complexity index is 885. The van der Waals surface area contributed by atoms with Crippen LogP contribution in [0.5, 0.6) is 11.5 Å². The summed E-state index contributed by atoms with van der Waals surface area (Å²) in [5.74, 6) is 2.35. The number of benzene rings is 2. The van der Waals surface area contributed by atoms with Crippen molar-refractivity contribution in [2.24, 2.45) is 11.8 Å². The van der Waals surface area contributed by atoms with Gasteiger partial charge in [0.25, 0.3) is 0 Å². The normalized spacial score (nSPS) is 25.8. The van der Waals surface area contributed by atoms with Gasteiger partial charge in [0, 0.05) is 29.9 Å². The smallest absolute Gasteiger partial charge is 0.166 e. The van der Waals surface area contributed by atoms with Crippen LogP contribution in [0.15, 0.2) is 42.5 Å². The predicted octanol–water partition coefficient (Wildman–Crippen LogP) is 4.90. The Morgan fingerprint density at radius 2 is 1.60 bits per heavy atom. The maximum atomic E-state index is 13.3. The summed E-state index contributed by atoms with van der Waals surface area (Å²) < 4.78 is 12.6. The minimum absolute atomic E-state index is 0.108. The highest BCUT2D eigenvalue weighted by atomic mass is 16.5. The molecule has 1 fully saturated rings. The second-order valence-electron chi connectivity index (χ2n) is 9.04. The van der Waals surface area contributed by atoms with E-state index in [2.05, 4.69) is 37.4 Å². The second-order valence-corrected chi connectivity index (χ2v) is 9.04. The Morgan fingerprint density at radius 1 is 0.967 bits per heavy atom. The molecule has 0 N–H and O–H groups in total. The van der Waals surface area contributed by atoms with Gasteiger partial charge in [0.2, 0.25) is 0 Å². The number of quaternary nitrogens is 1. The summed E-state index contributed by atoms with van der Waals surface area (Å²) in [5.41, 5.74) is 3.37. The number of likely N-dealkylation sites (tertiary alicyclic amines) is 1. The average molecular weight is 409 g/mol. The quantitative estimate of drug-likeness (QED) is 0.612. The molecule has 0 bridgehead atoms. The predicted molar refractivity (Wildman–Crippen MR) is 119 cm³/mol. The number of hydrogen-bond acceptors (Lipinski definition) is 3. The van der Waals surface area contributed by atoms with Gasteiger partial charge in [-0.15, -0.1) is 0 Å². The van der Waals surface area contributed by atoms with E-state index in [0.29, 0.717) is 30.7 Å². The molecule has 4 rings (SSSR count). The van der Waals surface area contributed by atoms with Crippen molar-refractivity contribution >= 4 is 5.78 Å². The van der Waals surface area contributed by atoms with Crippen molar-refractivity contribution in [3.8, 4) is 11.5 Å². The zero-order valence-corrected chi connectivity index (χ0v) is 18.5. The summed E-state index contributed by atoms with van der Waals surface area (Å²) >= 11 is 0. The van der Waals surface area contributed by atoms with E-state index in [1.807, 2.05) is 26.0 Å². The molecule has 0 spiro atoms. The van der Waals surface area contributed by atoms with Gasteiger partial charge in [-0.05, 0) is 43.9 Å². The third-order valence-corrected chi connectivity index (χ3v) is 6.87. The molecular weight excluding hydrogens is 374 g/mol. The lowest BCUT2D eigenvalue weighted by Gasteiger charge is -2.42. The fraction of sp³-hybridized carbons (Fsp3) is 0.500. The van der Waals surface area contributed by atoms with E-state index in [-0.39, 0.29) is 5.92 Å². The van der Waals surface area contributed by atoms with Gasteiger partial charge >= 0.3 is 0 Å². The standard InChI is InChI=1S/C26H34NO3/c1-4-29-24-16-21-15-22(26(28)23(21)17-25(24)30-5-2)20-11-13-27(3,14-12-20)18-19-9-7-6-8-10-19/h6-10,16-17,20,22H,4-5,11-15,18H2,1-3H3/q+1. The number of hydrogen-bond donors (Lipinski definition) is 0. The summed E-state index contributed by atoms with van der Waals surface area (Å²) in [6.45, 7) is 8.43. The molecule has 1 atom stereocenters. The molecule has 160 valence electrons. The van der Waals surface area contributed by atoms with Crippen LogP contribution in [0.25, 0.3) is 0 Å². The summed E-state index contributed by atoms with van der Waals surface area (Å²) in [7, 11) is 2.36. The fourth-order valence-electron chi connectivity index (χ4n) is 5.24. The lowest BCUT2D eigenvalue weighted by atomic mass is 9.81. The first-order chi connectivity index (χ1) is 14.5. The van der Waals surface area contributed by atoms with E-state index in [9.17, 15) is 4.79 Å². The molecule has 2 aliphatic rings. The van der Waals surface area contributed by atoms with Crippen LogP contribution in [0, 0.1) is 11.8 Å². The third-order valence-electron chi connectivity index (χ3n) is 6.87. The monoisotopic (exact) mass is 408 g/mol. The largest absolute Gasteiger partial charge is 0.490 e. The number of piperidine rings is 1. The Kier molecular flexibility index (Phi) is 6.14. The van der Waals surface area contributed by atoms with Crippen molar-refractivity contribution in [3.63, 3.8) is 0 Å². The number of carbonyl (C=O) groups is 1. The van der Waals surface area contributed by atoms with E-state index in [1.165, 1.54) is 5.56 Å². The highest BCUT2D eigenvalue weighted by Crippen LogP contribution is 2.42. The van der Waals surface area contributed by atoms with Gasteiger partial charge in [-0.25, -0.2) is 0 Å². The molecule has 1 aliphatic heterocycles. The lowest BCUT2D eigenvalue weighted by molar-refractivity contribution is -0.928. The number of fused-ring (bicyclic) bond motifs is 1. The van der Waals surface area contributed by atoms with Gasteiger partial charge in [0.05, 0.1) is 33.4 Å². The van der Waals surface area contributed by atoms with Crippen molar-refractivity contribution in [2.45, 2.75) is 39.7 Å². The Hall–Kier alpha value is -2.33. The molecule has 2 aromatic carbocycles. The van der Waals surface area contributed by atoms with Gasteiger partial charge in [-0.3, -0.25) is 4.79 Å². The number of ether oxygens (including phenoxy) is 2. The van der Waals surface area contributed by atoms with Crippen molar-refractivity contribution in [2.75, 3.05) is 33.4 Å². The first kappa shape index (κ1) is 20.9. The van der Waals surface area contributed by atoms with Gasteiger partial charge < -0.3 is 14.0 Å². The maximum Gasteiger partial charge on any atom is 0.166 e. The van der Waals surface area contributed by atoms with Crippen LogP contribution in [0.2, 0.25) is 0 Å². The van der Waals surface area contributed by atoms with Gasteiger partial charge in [-0.2, -0.15) is 0 Å². The molecule has 4 nitrogen and oxygen atoms in total. The average Bonchev–Trinajstić information content (AvgIpc) is 3.05. The van der Waals surface area contributed by atoms with Crippen molar-refractivity contribution in [1.82, 2.24) is 0 Å². The number of rotatable bonds is 7. The third kappa shape index (κ3) is 4.24. The van der Waals surface area contributed by atoms with Crippen LogP contribution in [0.1, 0.15) is 48.2 Å². The molecule has 1 heterocycles. The summed E-state index contributed by atoms with van der Waals surface area (Å²) in [6.07, 6.45) is 3.07. The molecule has 0 saturated carbocycles. The summed E-state index contributed by atoms with van der Waals surface area (Å²) in [6, 6.07) is 14.7. The second kappa shape index (κ2) is 8.81. The summed E-state index contributed by atoms with van der Waals surface area (Å²) in [4.78, 5) is 13.3. The highest BCUT2D eigenvalue weighted by Gasteiger charge is 2.41. The Morgan fingerprint density at radius 3 is 2.23 bits per heavy atom. The van der Waals surface area contributed by atoms with E-state index >= 15 is 0 Å². The van der Waals surface area contributed by atoms with E-state index < -0.39 is 0 Å². The Labute approximate surface area is 180 Å². The van der Waals surface area contributed by atoms with Crippen LogP contribution < -0.4 is 9.47 Å². The van der Waals surface area contributed by atoms with E-state index in [0.717, 1.165) is 60.3 Å². The minimum atomic E-state index is 0.108. The SMILES string of the molecule is CCOc1cc2c(cc1OCC)C(=O)C(C1CC[N+](C)(Cc3ccccc3)CC1)C2. The van der Waals surface area contributed by atoms with E-state index in [4.69, 9.17) is 9.47 Å². The minimum Gasteiger partial charge on any atom is -0.490 e. The number of carbonyl (C=O) groups excluding carboxylic acids is 1. The molecule has 1 saturated heterocycles. The van der Waals surface area contributed by atoms with Crippen LogP contribution in [-0.2, 0) is 13.0 Å². The molecular formula is C26H34NO3+. The van der Waals surface area contributed by atoms with Crippen molar-refractivity contribution in [3.05, 3.63) is 59.2 Å².